The summed E-state index contributed by atoms with van der Waals surface area (Å²) in [5, 5.41) is 1.17. The average Bonchev–Trinajstić information content (AvgIpc) is 2.36. The molecule has 0 fully saturated rings. The first-order chi connectivity index (χ1) is 9.30. The van der Waals surface area contributed by atoms with Gasteiger partial charge in [-0.3, -0.25) is 0 Å². The molecule has 0 aliphatic rings. The van der Waals surface area contributed by atoms with Crippen LogP contribution in [0.1, 0.15) is 25.5 Å². The second-order valence-electron chi connectivity index (χ2n) is 4.88. The van der Waals surface area contributed by atoms with Gasteiger partial charge in [0.1, 0.15) is 11.8 Å². The summed E-state index contributed by atoms with van der Waals surface area (Å²) in [5.74, 6) is 0.184. The Morgan fingerprint density at radius 1 is 1.05 bits per heavy atom. The van der Waals surface area contributed by atoms with E-state index in [2.05, 4.69) is 0 Å². The van der Waals surface area contributed by atoms with Crippen molar-refractivity contribution in [1.82, 2.24) is 0 Å². The molecule has 0 aromatic heterocycles. The van der Waals surface area contributed by atoms with Crippen molar-refractivity contribution in [2.75, 3.05) is 0 Å². The van der Waals surface area contributed by atoms with E-state index >= 15 is 0 Å². The van der Waals surface area contributed by atoms with Crippen molar-refractivity contribution in [3.8, 4) is 5.75 Å². The topological polar surface area (TPSA) is 35.2 Å². The molecule has 0 amide bonds. The Labute approximate surface area is 115 Å². The fourth-order valence-electron chi connectivity index (χ4n) is 2.12. The Balaban J connectivity index is 2.67. The molecule has 2 aromatic rings. The Bertz CT molecular complexity index is 608. The molecular formula is C15H16F3NO. The predicted octanol–water partition coefficient (Wildman–Crippen LogP) is 4.19. The van der Waals surface area contributed by atoms with Crippen molar-refractivity contribution in [2.45, 2.75) is 32.2 Å². The Hall–Kier alpha value is -1.75. The summed E-state index contributed by atoms with van der Waals surface area (Å²) in [4.78, 5) is 0. The maximum absolute atomic E-state index is 13.0. The Morgan fingerprint density at radius 3 is 2.30 bits per heavy atom. The quantitative estimate of drug-likeness (QED) is 0.916. The zero-order chi connectivity index (χ0) is 14.9. The summed E-state index contributed by atoms with van der Waals surface area (Å²) in [6.07, 6.45) is -4.74. The van der Waals surface area contributed by atoms with Crippen LogP contribution in [0.15, 0.2) is 36.4 Å². The van der Waals surface area contributed by atoms with E-state index in [0.29, 0.717) is 10.8 Å². The van der Waals surface area contributed by atoms with E-state index in [-0.39, 0.29) is 17.4 Å². The number of alkyl halides is 3. The number of rotatable bonds is 3. The van der Waals surface area contributed by atoms with Gasteiger partial charge in [-0.2, -0.15) is 13.2 Å². The van der Waals surface area contributed by atoms with Crippen LogP contribution in [0.25, 0.3) is 10.8 Å². The molecule has 0 unspecified atom stereocenters. The minimum absolute atomic E-state index is 0.00991. The molecule has 0 spiro atoms. The van der Waals surface area contributed by atoms with Crippen LogP contribution in [0.5, 0.6) is 5.75 Å². The highest BCUT2D eigenvalue weighted by molar-refractivity contribution is 5.88. The first-order valence-electron chi connectivity index (χ1n) is 6.31. The zero-order valence-corrected chi connectivity index (χ0v) is 11.2. The van der Waals surface area contributed by atoms with E-state index in [0.717, 1.165) is 0 Å². The first-order valence-corrected chi connectivity index (χ1v) is 6.31. The maximum atomic E-state index is 13.0. The average molecular weight is 283 g/mol. The van der Waals surface area contributed by atoms with E-state index in [4.69, 9.17) is 10.5 Å². The normalized spacial score (nSPS) is 13.8. The third kappa shape index (κ3) is 2.88. The molecule has 2 aromatic carbocycles. The molecular weight excluding hydrogens is 267 g/mol. The number of nitrogens with two attached hydrogens (primary N) is 1. The van der Waals surface area contributed by atoms with Crippen molar-refractivity contribution >= 4 is 10.8 Å². The summed E-state index contributed by atoms with van der Waals surface area (Å²) in [7, 11) is 0. The predicted molar refractivity (Wildman–Crippen MR) is 72.7 cm³/mol. The fraction of sp³-hybridized carbons (Fsp3) is 0.333. The van der Waals surface area contributed by atoms with E-state index in [9.17, 15) is 13.2 Å². The molecule has 20 heavy (non-hydrogen) atoms. The third-order valence-electron chi connectivity index (χ3n) is 2.96. The highest BCUT2D eigenvalue weighted by Crippen LogP contribution is 2.40. The highest BCUT2D eigenvalue weighted by atomic mass is 19.4. The minimum Gasteiger partial charge on any atom is -0.491 e. The lowest BCUT2D eigenvalue weighted by Crippen LogP contribution is -2.29. The van der Waals surface area contributed by atoms with E-state index < -0.39 is 12.2 Å². The summed E-state index contributed by atoms with van der Waals surface area (Å²) in [6.45, 7) is 3.52. The van der Waals surface area contributed by atoms with Gasteiger partial charge in [0.25, 0.3) is 0 Å². The molecule has 2 nitrogen and oxygen atoms in total. The Morgan fingerprint density at radius 2 is 1.70 bits per heavy atom. The van der Waals surface area contributed by atoms with Crippen molar-refractivity contribution in [3.05, 3.63) is 42.0 Å². The third-order valence-corrected chi connectivity index (χ3v) is 2.96. The molecule has 0 saturated heterocycles. The van der Waals surface area contributed by atoms with Crippen molar-refractivity contribution < 1.29 is 17.9 Å². The van der Waals surface area contributed by atoms with Gasteiger partial charge >= 0.3 is 6.18 Å². The summed E-state index contributed by atoms with van der Waals surface area (Å²) < 4.78 is 44.5. The van der Waals surface area contributed by atoms with Crippen LogP contribution in [0.2, 0.25) is 0 Å². The number of fused-ring (bicyclic) bond motifs is 1. The number of halogens is 3. The second kappa shape index (κ2) is 5.32. The second-order valence-corrected chi connectivity index (χ2v) is 4.88. The monoisotopic (exact) mass is 283 g/mol. The zero-order valence-electron chi connectivity index (χ0n) is 11.2. The SMILES string of the molecule is CC(C)Oc1ccc2ccccc2c1[C@H](N)C(F)(F)F. The van der Waals surface area contributed by atoms with E-state index in [1.807, 2.05) is 0 Å². The van der Waals surface area contributed by atoms with Gasteiger partial charge in [-0.25, -0.2) is 0 Å². The largest absolute Gasteiger partial charge is 0.491 e. The Kier molecular flexibility index (Phi) is 3.90. The van der Waals surface area contributed by atoms with Crippen LogP contribution < -0.4 is 10.5 Å². The van der Waals surface area contributed by atoms with Gasteiger partial charge in [0.05, 0.1) is 6.10 Å². The maximum Gasteiger partial charge on any atom is 0.407 e. The summed E-state index contributed by atoms with van der Waals surface area (Å²) >= 11 is 0. The molecule has 0 aliphatic carbocycles. The molecule has 0 aliphatic heterocycles. The van der Waals surface area contributed by atoms with Crippen LogP contribution in [0, 0.1) is 0 Å². The van der Waals surface area contributed by atoms with Gasteiger partial charge in [-0.05, 0) is 30.7 Å². The molecule has 0 bridgehead atoms. The van der Waals surface area contributed by atoms with Crippen molar-refractivity contribution in [3.63, 3.8) is 0 Å². The van der Waals surface area contributed by atoms with Crippen LogP contribution in [-0.2, 0) is 0 Å². The standard InChI is InChI=1S/C15H16F3NO/c1-9(2)20-12-8-7-10-5-3-4-6-11(10)13(12)14(19)15(16,17)18/h3-9,14H,19H2,1-2H3/t14-/m0/s1. The minimum atomic E-state index is -4.51. The van der Waals surface area contributed by atoms with Crippen molar-refractivity contribution in [1.29, 1.82) is 0 Å². The molecule has 1 atom stereocenters. The van der Waals surface area contributed by atoms with Gasteiger partial charge in [0, 0.05) is 5.56 Å². The first kappa shape index (κ1) is 14.7. The van der Waals surface area contributed by atoms with Gasteiger partial charge in [0.2, 0.25) is 0 Å². The lowest BCUT2D eigenvalue weighted by Gasteiger charge is -2.22. The number of hydrogen-bond acceptors (Lipinski definition) is 2. The lowest BCUT2D eigenvalue weighted by atomic mass is 9.97. The highest BCUT2D eigenvalue weighted by Gasteiger charge is 2.40. The van der Waals surface area contributed by atoms with Gasteiger partial charge < -0.3 is 10.5 Å². The van der Waals surface area contributed by atoms with Crippen LogP contribution in [0.4, 0.5) is 13.2 Å². The fourth-order valence-corrected chi connectivity index (χ4v) is 2.12. The summed E-state index contributed by atoms with van der Waals surface area (Å²) in [5.41, 5.74) is 5.40. The van der Waals surface area contributed by atoms with E-state index in [1.54, 1.807) is 50.2 Å². The van der Waals surface area contributed by atoms with Crippen molar-refractivity contribution in [2.24, 2.45) is 5.73 Å². The van der Waals surface area contributed by atoms with Gasteiger partial charge in [-0.1, -0.05) is 30.3 Å². The molecule has 0 radical (unpaired) electrons. The van der Waals surface area contributed by atoms with Crippen LogP contribution in [-0.4, -0.2) is 12.3 Å². The van der Waals surface area contributed by atoms with E-state index in [1.165, 1.54) is 0 Å². The van der Waals surface area contributed by atoms with Crippen LogP contribution >= 0.6 is 0 Å². The smallest absolute Gasteiger partial charge is 0.407 e. The van der Waals surface area contributed by atoms with Gasteiger partial charge in [-0.15, -0.1) is 0 Å². The van der Waals surface area contributed by atoms with Gasteiger partial charge in [0.15, 0.2) is 0 Å². The lowest BCUT2D eigenvalue weighted by molar-refractivity contribution is -0.149. The summed E-state index contributed by atoms with van der Waals surface area (Å²) in [6, 6.07) is 8.05. The molecule has 0 heterocycles. The number of hydrogen-bond donors (Lipinski definition) is 1. The van der Waals surface area contributed by atoms with Crippen LogP contribution in [0.3, 0.4) is 0 Å². The molecule has 2 rings (SSSR count). The number of benzene rings is 2. The molecule has 2 N–H and O–H groups in total. The molecule has 108 valence electrons. The number of ether oxygens (including phenoxy) is 1. The molecule has 5 heteroatoms. The molecule has 0 saturated carbocycles.